The van der Waals surface area contributed by atoms with E-state index in [9.17, 15) is 18.4 Å². The Bertz CT molecular complexity index is 1760. The number of aromatic nitrogens is 3. The molecule has 0 unspecified atom stereocenters. The molecule has 0 spiro atoms. The second kappa shape index (κ2) is 10.3. The lowest BCUT2D eigenvalue weighted by atomic mass is 9.96. The highest BCUT2D eigenvalue weighted by molar-refractivity contribution is 5.94. The second-order valence-corrected chi connectivity index (χ2v) is 10.9. The summed E-state index contributed by atoms with van der Waals surface area (Å²) in [4.78, 5) is 33.6. The molecule has 2 aliphatic rings. The number of rotatable bonds is 5. The monoisotopic (exact) mass is 558 g/mol. The standard InChI is InChI=1S/C31H32F2N6O2/c1-18(38-12-7-19(8-13-38)28-23(32)15-20(16-24(28)33)30(40)36(2)3)27-17-22-26(6-11-35-29(22)37(27)4)39-14-9-25-21(31(39)41)5-10-34-25/h6-7,9,11,14-18,34H,5,8,10,12-13H2,1-4H3/t18-/m0/s1. The minimum atomic E-state index is -0.729. The Morgan fingerprint density at radius 2 is 1.88 bits per heavy atom. The molecule has 10 heteroatoms. The van der Waals surface area contributed by atoms with Crippen molar-refractivity contribution in [1.29, 1.82) is 0 Å². The number of carbonyl (C=O) groups excluding carboxylic acids is 1. The van der Waals surface area contributed by atoms with Crippen molar-refractivity contribution >= 4 is 28.2 Å². The van der Waals surface area contributed by atoms with E-state index >= 15 is 0 Å². The molecule has 4 aromatic rings. The Balaban J connectivity index is 1.28. The molecule has 1 atom stereocenters. The minimum absolute atomic E-state index is 0.0111. The van der Waals surface area contributed by atoms with E-state index in [0.717, 1.165) is 52.3 Å². The van der Waals surface area contributed by atoms with Crippen LogP contribution in [0.1, 0.15) is 46.6 Å². The van der Waals surface area contributed by atoms with Crippen molar-refractivity contribution in [3.8, 4) is 5.69 Å². The number of fused-ring (bicyclic) bond motifs is 2. The summed E-state index contributed by atoms with van der Waals surface area (Å²) >= 11 is 0. The predicted octanol–water partition coefficient (Wildman–Crippen LogP) is 4.52. The van der Waals surface area contributed by atoms with Gasteiger partial charge >= 0.3 is 0 Å². The van der Waals surface area contributed by atoms with E-state index < -0.39 is 17.5 Å². The first-order valence-corrected chi connectivity index (χ1v) is 13.7. The molecular formula is C31H32F2N6O2. The van der Waals surface area contributed by atoms with Crippen molar-refractivity contribution in [2.45, 2.75) is 25.8 Å². The molecule has 6 rings (SSSR count). The molecule has 2 aliphatic heterocycles. The van der Waals surface area contributed by atoms with Gasteiger partial charge in [0, 0.05) is 92.7 Å². The van der Waals surface area contributed by atoms with Crippen molar-refractivity contribution < 1.29 is 13.6 Å². The lowest BCUT2D eigenvalue weighted by molar-refractivity contribution is 0.0826. The van der Waals surface area contributed by atoms with Crippen LogP contribution < -0.4 is 10.9 Å². The maximum absolute atomic E-state index is 15.0. The van der Waals surface area contributed by atoms with Crippen LogP contribution in [0.15, 0.2) is 53.6 Å². The highest BCUT2D eigenvalue weighted by Gasteiger charge is 2.26. The van der Waals surface area contributed by atoms with Crippen LogP contribution in [0.2, 0.25) is 0 Å². The van der Waals surface area contributed by atoms with Gasteiger partial charge in [-0.15, -0.1) is 0 Å². The van der Waals surface area contributed by atoms with Crippen LogP contribution in [-0.2, 0) is 13.5 Å². The number of nitrogens with zero attached hydrogens (tertiary/aromatic N) is 5. The van der Waals surface area contributed by atoms with Gasteiger partial charge in [0.25, 0.3) is 11.5 Å². The molecule has 1 N–H and O–H groups in total. The van der Waals surface area contributed by atoms with Gasteiger partial charge in [0.05, 0.1) is 5.69 Å². The Labute approximate surface area is 236 Å². The number of aryl methyl sites for hydroxylation is 1. The smallest absolute Gasteiger partial charge is 0.260 e. The van der Waals surface area contributed by atoms with Gasteiger partial charge in [-0.2, -0.15) is 0 Å². The highest BCUT2D eigenvalue weighted by atomic mass is 19.1. The highest BCUT2D eigenvalue weighted by Crippen LogP contribution is 2.34. The van der Waals surface area contributed by atoms with Gasteiger partial charge in [-0.05, 0) is 55.7 Å². The fraction of sp³-hybridized carbons (Fsp3) is 0.323. The average Bonchev–Trinajstić information content (AvgIpc) is 3.58. The van der Waals surface area contributed by atoms with E-state index in [-0.39, 0.29) is 22.7 Å². The van der Waals surface area contributed by atoms with Crippen molar-refractivity contribution in [3.05, 3.63) is 93.2 Å². The lowest BCUT2D eigenvalue weighted by Gasteiger charge is -2.32. The summed E-state index contributed by atoms with van der Waals surface area (Å²) in [5.41, 5.74) is 4.77. The van der Waals surface area contributed by atoms with Crippen LogP contribution in [0.25, 0.3) is 22.3 Å². The van der Waals surface area contributed by atoms with Crippen LogP contribution in [0.3, 0.4) is 0 Å². The van der Waals surface area contributed by atoms with Gasteiger partial charge in [0.2, 0.25) is 0 Å². The van der Waals surface area contributed by atoms with Crippen molar-refractivity contribution in [3.63, 3.8) is 0 Å². The van der Waals surface area contributed by atoms with E-state index in [4.69, 9.17) is 0 Å². The van der Waals surface area contributed by atoms with Crippen LogP contribution in [0, 0.1) is 11.6 Å². The number of anilines is 1. The fourth-order valence-corrected chi connectivity index (χ4v) is 6.05. The molecular weight excluding hydrogens is 526 g/mol. The summed E-state index contributed by atoms with van der Waals surface area (Å²) in [5, 5.41) is 4.14. The van der Waals surface area contributed by atoms with Gasteiger partial charge in [-0.3, -0.25) is 19.1 Å². The van der Waals surface area contributed by atoms with Crippen LogP contribution in [-0.4, -0.2) is 63.6 Å². The zero-order chi connectivity index (χ0) is 29.0. The third-order valence-electron chi connectivity index (χ3n) is 8.32. The number of amides is 1. The van der Waals surface area contributed by atoms with Crippen LogP contribution in [0.5, 0.6) is 0 Å². The van der Waals surface area contributed by atoms with Gasteiger partial charge < -0.3 is 14.8 Å². The summed E-state index contributed by atoms with van der Waals surface area (Å²) in [6, 6.07) is 8.09. The van der Waals surface area contributed by atoms with E-state index in [2.05, 4.69) is 28.2 Å². The molecule has 3 aromatic heterocycles. The molecule has 0 bridgehead atoms. The quantitative estimate of drug-likeness (QED) is 0.390. The largest absolute Gasteiger partial charge is 0.384 e. The van der Waals surface area contributed by atoms with Crippen molar-refractivity contribution in [2.24, 2.45) is 7.05 Å². The topological polar surface area (TPSA) is 75.4 Å². The SMILES string of the molecule is C[C@@H](c1cc2c(-n3ccc4c(c3=O)CCN4)ccnc2n1C)N1CC=C(c2c(F)cc(C(=O)N(C)C)cc2F)CC1. The van der Waals surface area contributed by atoms with Crippen molar-refractivity contribution in [1.82, 2.24) is 23.9 Å². The molecule has 0 radical (unpaired) electrons. The summed E-state index contributed by atoms with van der Waals surface area (Å²) in [7, 11) is 5.05. The first kappa shape index (κ1) is 26.9. The zero-order valence-electron chi connectivity index (χ0n) is 23.5. The van der Waals surface area contributed by atoms with Crippen LogP contribution >= 0.6 is 0 Å². The number of nitrogens with one attached hydrogen (secondary N) is 1. The molecule has 8 nitrogen and oxygen atoms in total. The van der Waals surface area contributed by atoms with Crippen LogP contribution in [0.4, 0.5) is 14.5 Å². The Morgan fingerprint density at radius 1 is 1.12 bits per heavy atom. The fourth-order valence-electron chi connectivity index (χ4n) is 6.05. The molecule has 0 saturated heterocycles. The lowest BCUT2D eigenvalue weighted by Crippen LogP contribution is -2.32. The maximum atomic E-state index is 15.0. The summed E-state index contributed by atoms with van der Waals surface area (Å²) in [6.07, 6.45) is 6.56. The first-order valence-electron chi connectivity index (χ1n) is 13.7. The number of carbonyl (C=O) groups is 1. The van der Waals surface area contributed by atoms with Gasteiger partial charge in [0.1, 0.15) is 17.3 Å². The summed E-state index contributed by atoms with van der Waals surface area (Å²) in [6.45, 7) is 3.97. The molecule has 0 saturated carbocycles. The maximum Gasteiger partial charge on any atom is 0.260 e. The molecule has 5 heterocycles. The minimum Gasteiger partial charge on any atom is -0.384 e. The average molecular weight is 559 g/mol. The molecule has 41 heavy (non-hydrogen) atoms. The Kier molecular flexibility index (Phi) is 6.73. The molecule has 0 fully saturated rings. The zero-order valence-corrected chi connectivity index (χ0v) is 23.5. The van der Waals surface area contributed by atoms with E-state index in [1.807, 2.05) is 36.0 Å². The summed E-state index contributed by atoms with van der Waals surface area (Å²) in [5.74, 6) is -1.90. The van der Waals surface area contributed by atoms with E-state index in [0.29, 0.717) is 31.5 Å². The number of benzene rings is 1. The molecule has 0 aliphatic carbocycles. The number of hydrogen-bond acceptors (Lipinski definition) is 5. The predicted molar refractivity (Wildman–Crippen MR) is 155 cm³/mol. The molecule has 1 aromatic carbocycles. The van der Waals surface area contributed by atoms with Gasteiger partial charge in [0.15, 0.2) is 0 Å². The first-order chi connectivity index (χ1) is 19.7. The molecule has 212 valence electrons. The summed E-state index contributed by atoms with van der Waals surface area (Å²) < 4.78 is 33.7. The normalized spacial score (nSPS) is 15.9. The van der Waals surface area contributed by atoms with E-state index in [1.54, 1.807) is 24.9 Å². The Morgan fingerprint density at radius 3 is 2.56 bits per heavy atom. The molecule has 1 amide bonds. The number of hydrogen-bond donors (Lipinski definition) is 1. The van der Waals surface area contributed by atoms with Crippen molar-refractivity contribution in [2.75, 3.05) is 39.0 Å². The van der Waals surface area contributed by atoms with E-state index in [1.165, 1.54) is 4.90 Å². The third kappa shape index (κ3) is 4.52. The Hall–Kier alpha value is -4.31. The number of pyridine rings is 2. The van der Waals surface area contributed by atoms with Gasteiger partial charge in [-0.25, -0.2) is 13.8 Å². The second-order valence-electron chi connectivity index (χ2n) is 10.9. The number of halogens is 2. The third-order valence-corrected chi connectivity index (χ3v) is 8.32. The van der Waals surface area contributed by atoms with Gasteiger partial charge in [-0.1, -0.05) is 6.08 Å².